The van der Waals surface area contributed by atoms with Crippen molar-refractivity contribution in [1.29, 1.82) is 10.5 Å². The molecule has 2 saturated heterocycles. The molecule has 15 rings (SSSR count). The van der Waals surface area contributed by atoms with Crippen LogP contribution in [0.4, 0.5) is 0 Å². The SMILES string of the molecule is COc1c(C)cc2c(c1O)[C@@H]1C3Cc4c(OC(C)=O)c(C)c5c(c4[C@H](CN)N3[C@@H](C#N)[C@H](C2)N1C)OCO5.COc1c(C)cc2c(c1OC(=O)CC1CCCCC1)[C@@H]1C3Cc4c(OC(C)=O)c(C)c5c(c4[C@H](CNC(=O)CC4CCCCC4)N3[C@@H](C#N)[C@H](C2)N1C)OCO5.O=C(O)CC1CCCCC1. The van der Waals surface area contributed by atoms with E-state index in [1.165, 1.54) is 46.0 Å². The van der Waals surface area contributed by atoms with Gasteiger partial charge >= 0.3 is 23.9 Å². The molecule has 2 unspecified atom stereocenters. The fraction of sp³-hybridized carbons (Fsp3) is 0.613. The van der Waals surface area contributed by atoms with Gasteiger partial charge in [-0.25, -0.2) is 0 Å². The third-order valence-electron chi connectivity index (χ3n) is 24.5. The van der Waals surface area contributed by atoms with Crippen molar-refractivity contribution in [1.82, 2.24) is 24.9 Å². The minimum atomic E-state index is -0.632. The van der Waals surface area contributed by atoms with Crippen LogP contribution in [0.2, 0.25) is 0 Å². The van der Waals surface area contributed by atoms with Crippen LogP contribution in [0.3, 0.4) is 0 Å². The Morgan fingerprint density at radius 3 is 1.44 bits per heavy atom. The fourth-order valence-corrected chi connectivity index (χ4v) is 20.1. The van der Waals surface area contributed by atoms with Gasteiger partial charge in [-0.05, 0) is 146 Å². The maximum atomic E-state index is 13.8. The van der Waals surface area contributed by atoms with Gasteiger partial charge in [-0.3, -0.25) is 43.6 Å². The summed E-state index contributed by atoms with van der Waals surface area (Å²) >= 11 is 0. The number of hydrogen-bond donors (Lipinski definition) is 4. The number of carbonyl (C=O) groups is 5. The monoisotopic (exact) mass is 1430 g/mol. The number of nitriles is 2. The molecule has 8 heterocycles. The predicted molar refractivity (Wildman–Crippen MR) is 382 cm³/mol. The van der Waals surface area contributed by atoms with Gasteiger partial charge in [0.1, 0.15) is 23.6 Å². The van der Waals surface area contributed by atoms with Gasteiger partial charge in [0, 0.05) is 115 Å². The van der Waals surface area contributed by atoms with Crippen molar-refractivity contribution < 1.29 is 76.8 Å². The summed E-state index contributed by atoms with van der Waals surface area (Å²) in [6.07, 6.45) is 20.4. The quantitative estimate of drug-likeness (QED) is 0.0673. The average Bonchev–Trinajstić information content (AvgIpc) is 0.936. The number of rotatable bonds is 14. The summed E-state index contributed by atoms with van der Waals surface area (Å²) in [7, 11) is 7.23. The molecular formula is C80H102N8O16. The van der Waals surface area contributed by atoms with E-state index in [1.807, 2.05) is 41.8 Å². The maximum absolute atomic E-state index is 13.8. The van der Waals surface area contributed by atoms with Gasteiger partial charge in [-0.15, -0.1) is 0 Å². The number of esters is 3. The number of phenols is 1. The summed E-state index contributed by atoms with van der Waals surface area (Å²) in [5, 5.41) is 44.8. The van der Waals surface area contributed by atoms with Crippen molar-refractivity contribution in [3.05, 3.63) is 78.9 Å². The van der Waals surface area contributed by atoms with Crippen molar-refractivity contribution in [2.24, 2.45) is 23.5 Å². The van der Waals surface area contributed by atoms with Crippen LogP contribution in [0.5, 0.6) is 57.5 Å². The van der Waals surface area contributed by atoms with Crippen molar-refractivity contribution in [3.63, 3.8) is 0 Å². The molecular weight excluding hydrogens is 1330 g/mol. The number of aryl methyl sites for hydroxylation is 2. The van der Waals surface area contributed by atoms with Crippen LogP contribution in [-0.4, -0.2) is 151 Å². The molecule has 8 aliphatic heterocycles. The van der Waals surface area contributed by atoms with E-state index in [4.69, 9.17) is 53.5 Å². The first-order valence-corrected chi connectivity index (χ1v) is 37.6. The average molecular weight is 1430 g/mol. The summed E-state index contributed by atoms with van der Waals surface area (Å²) in [4.78, 5) is 71.6. The van der Waals surface area contributed by atoms with Crippen LogP contribution in [0, 0.1) is 68.1 Å². The number of carbonyl (C=O) groups excluding carboxylic acids is 4. The van der Waals surface area contributed by atoms with Crippen molar-refractivity contribution in [2.75, 3.05) is 55.0 Å². The molecule has 4 bridgehead atoms. The van der Waals surface area contributed by atoms with Crippen LogP contribution in [0.25, 0.3) is 0 Å². The Labute approximate surface area is 609 Å². The predicted octanol–water partition coefficient (Wildman–Crippen LogP) is 11.1. The highest BCUT2D eigenvalue weighted by Gasteiger charge is 2.59. The third kappa shape index (κ3) is 13.6. The van der Waals surface area contributed by atoms with E-state index in [0.717, 1.165) is 120 Å². The van der Waals surface area contributed by atoms with Crippen LogP contribution in [-0.2, 0) is 49.7 Å². The number of aliphatic carboxylic acids is 1. The molecule has 10 atom stereocenters. The second-order valence-electron chi connectivity index (χ2n) is 30.7. The molecule has 1 amide bonds. The lowest BCUT2D eigenvalue weighted by Gasteiger charge is -2.60. The zero-order valence-corrected chi connectivity index (χ0v) is 61.9. The standard InChI is InChI=1S/C44H56N4O8.C28H32N4O6.C8H14O2/c1-24-16-29-19-31-33(21-45)48-32(39(47(31)4)37(29)44(40(24)52-5)56-36(51)18-28-14-10-7-11-15-28)20-30-38(34(48)22-46-35(50)17-27-12-8-6-9-13-27)43-42(53-23-54-43)25(2)41(30)55-26(3)49;1-12-6-15-7-17-19(9-29)32-18(23(31(17)4)21(15)24(34)25(12)35-5)8-16-22(20(32)10-30)28-27(36-11-37-28)13(2)26(16)38-14(3)33;9-8(10)6-7-4-2-1-3-5-7/h16,27-28,31-34,39H,6-15,17-20,22-23H2,1-5H3,(H,46,50);6,17-20,23,34H,7-8,10-11,30H2,1-5H3;7H,1-6H2,(H,9,10)/t31-,32?,33-,34-,39-;17-,18?,19-,20-,23-;/m00./s1. The number of aromatic hydroxyl groups is 1. The Balaban J connectivity index is 0.000000172. The number of benzene rings is 4. The number of piperazine rings is 2. The first-order valence-electron chi connectivity index (χ1n) is 37.6. The van der Waals surface area contributed by atoms with Crippen LogP contribution < -0.4 is 53.7 Å². The molecule has 24 nitrogen and oxygen atoms in total. The molecule has 4 aromatic carbocycles. The van der Waals surface area contributed by atoms with E-state index in [0.29, 0.717) is 126 Å². The Kier molecular flexibility index (Phi) is 22.0. The van der Waals surface area contributed by atoms with E-state index in [9.17, 15) is 39.6 Å². The van der Waals surface area contributed by atoms with Gasteiger partial charge in [0.15, 0.2) is 46.0 Å². The number of carboxylic acids is 1. The fourth-order valence-electron chi connectivity index (χ4n) is 20.1. The van der Waals surface area contributed by atoms with Gasteiger partial charge in [-0.1, -0.05) is 69.9 Å². The number of amides is 1. The van der Waals surface area contributed by atoms with Gasteiger partial charge in [0.2, 0.25) is 19.5 Å². The molecule has 0 spiro atoms. The van der Waals surface area contributed by atoms with Gasteiger partial charge in [0.05, 0.1) is 50.5 Å². The molecule has 104 heavy (non-hydrogen) atoms. The smallest absolute Gasteiger partial charge is 0.311 e. The van der Waals surface area contributed by atoms with Crippen LogP contribution >= 0.6 is 0 Å². The molecule has 3 saturated carbocycles. The molecule has 558 valence electrons. The lowest BCUT2D eigenvalue weighted by atomic mass is 9.71. The highest BCUT2D eigenvalue weighted by Crippen LogP contribution is 2.61. The number of hydrogen-bond acceptors (Lipinski definition) is 22. The second-order valence-corrected chi connectivity index (χ2v) is 30.7. The Morgan fingerprint density at radius 1 is 0.548 bits per heavy atom. The second kappa shape index (κ2) is 31.0. The number of ether oxygens (including phenoxy) is 9. The minimum Gasteiger partial charge on any atom is -0.504 e. The lowest BCUT2D eigenvalue weighted by Crippen LogP contribution is -2.68. The number of carboxylic acid groups (broad SMARTS) is 1. The largest absolute Gasteiger partial charge is 0.504 e. The molecule has 0 aromatic heterocycles. The molecule has 5 fully saturated rings. The zero-order chi connectivity index (χ0) is 73.7. The Bertz CT molecular complexity index is 4090. The van der Waals surface area contributed by atoms with Crippen molar-refractivity contribution in [3.8, 4) is 69.6 Å². The van der Waals surface area contributed by atoms with Crippen LogP contribution in [0.1, 0.15) is 220 Å². The number of fused-ring (bicyclic) bond motifs is 18. The number of nitrogens with one attached hydrogen (secondary N) is 1. The zero-order valence-electron chi connectivity index (χ0n) is 61.9. The maximum Gasteiger partial charge on any atom is 0.311 e. The van der Waals surface area contributed by atoms with E-state index in [2.05, 4.69) is 49.2 Å². The number of methoxy groups -OCH3 is 2. The third-order valence-corrected chi connectivity index (χ3v) is 24.5. The van der Waals surface area contributed by atoms with Crippen molar-refractivity contribution >= 4 is 29.8 Å². The van der Waals surface area contributed by atoms with E-state index in [-0.39, 0.29) is 86.6 Å². The molecule has 3 aliphatic carbocycles. The van der Waals surface area contributed by atoms with E-state index >= 15 is 0 Å². The highest BCUT2D eigenvalue weighted by molar-refractivity contribution is 5.79. The Morgan fingerprint density at radius 2 is 0.981 bits per heavy atom. The van der Waals surface area contributed by atoms with Crippen LogP contribution in [0.15, 0.2) is 12.1 Å². The van der Waals surface area contributed by atoms with E-state index < -0.39 is 36.0 Å². The number of phenolic OH excluding ortho intramolecular Hbond substituents is 1. The molecule has 5 N–H and O–H groups in total. The molecule has 4 aromatic rings. The molecule has 24 heteroatoms. The number of likely N-dealkylation sites (N-methyl/N-ethyl adjacent to an activating group) is 2. The molecule has 0 radical (unpaired) electrons. The topological polar surface area (TPSA) is 307 Å². The van der Waals surface area contributed by atoms with Crippen molar-refractivity contribution in [2.45, 2.75) is 243 Å². The highest BCUT2D eigenvalue weighted by atomic mass is 16.7. The van der Waals surface area contributed by atoms with Gasteiger partial charge in [0.25, 0.3) is 0 Å². The first-order chi connectivity index (χ1) is 50.1. The van der Waals surface area contributed by atoms with E-state index in [1.54, 1.807) is 14.2 Å². The summed E-state index contributed by atoms with van der Waals surface area (Å²) in [6.45, 7) is 10.9. The first kappa shape index (κ1) is 73.9. The summed E-state index contributed by atoms with van der Waals surface area (Å²) < 4.78 is 53.9. The minimum absolute atomic E-state index is 0.00803. The molecule has 11 aliphatic rings. The van der Waals surface area contributed by atoms with Gasteiger partial charge in [-0.2, -0.15) is 10.5 Å². The summed E-state index contributed by atoms with van der Waals surface area (Å²) in [5.41, 5.74) is 16.5. The number of nitrogens with zero attached hydrogens (tertiary/aromatic N) is 6. The summed E-state index contributed by atoms with van der Waals surface area (Å²) in [6, 6.07) is 6.02. The normalized spacial score (nSPS) is 25.9. The summed E-state index contributed by atoms with van der Waals surface area (Å²) in [5.74, 6) is 4.00. The lowest BCUT2D eigenvalue weighted by molar-refractivity contribution is -0.138. The number of nitrogens with two attached hydrogens (primary N) is 1. The van der Waals surface area contributed by atoms with Gasteiger partial charge < -0.3 is 63.9 Å². The Hall–Kier alpha value is -8.39.